The first-order valence-electron chi connectivity index (χ1n) is 8.62. The van der Waals surface area contributed by atoms with E-state index in [0.717, 1.165) is 18.4 Å². The van der Waals surface area contributed by atoms with E-state index < -0.39 is 0 Å². The van der Waals surface area contributed by atoms with E-state index in [1.54, 1.807) is 0 Å². The smallest absolute Gasteiger partial charge is 0.0358 e. The number of benzene rings is 1. The molecule has 1 fully saturated rings. The Labute approximate surface area is 130 Å². The summed E-state index contributed by atoms with van der Waals surface area (Å²) in [5.74, 6) is 2.32. The molecule has 4 atom stereocenters. The van der Waals surface area contributed by atoms with Crippen LogP contribution in [0.5, 0.6) is 0 Å². The number of likely N-dealkylation sites (tertiary alicyclic amines) is 1. The molecule has 0 aromatic heterocycles. The summed E-state index contributed by atoms with van der Waals surface area (Å²) >= 11 is 0. The molecule has 0 bridgehead atoms. The van der Waals surface area contributed by atoms with Crippen molar-refractivity contribution in [2.75, 3.05) is 26.2 Å². The van der Waals surface area contributed by atoms with Gasteiger partial charge in [-0.15, -0.1) is 0 Å². The SMILES string of the molecule is CCCNC(c1ccccc1)C(C)CN1CC(C)C(C)C1. The summed E-state index contributed by atoms with van der Waals surface area (Å²) in [5.41, 5.74) is 1.43. The first-order chi connectivity index (χ1) is 10.1. The van der Waals surface area contributed by atoms with E-state index in [-0.39, 0.29) is 0 Å². The van der Waals surface area contributed by atoms with Crippen LogP contribution in [0.1, 0.15) is 45.7 Å². The molecular weight excluding hydrogens is 256 g/mol. The Kier molecular flexibility index (Phi) is 6.25. The molecule has 0 saturated carbocycles. The van der Waals surface area contributed by atoms with Crippen molar-refractivity contribution < 1.29 is 0 Å². The van der Waals surface area contributed by atoms with Crippen LogP contribution in [0.25, 0.3) is 0 Å². The molecule has 1 aliphatic rings. The maximum atomic E-state index is 3.76. The zero-order valence-corrected chi connectivity index (χ0v) is 14.2. The molecule has 1 N–H and O–H groups in total. The van der Waals surface area contributed by atoms with Crippen LogP contribution in [0.15, 0.2) is 30.3 Å². The van der Waals surface area contributed by atoms with Crippen molar-refractivity contribution in [3.05, 3.63) is 35.9 Å². The van der Waals surface area contributed by atoms with Crippen molar-refractivity contribution in [1.29, 1.82) is 0 Å². The fourth-order valence-electron chi connectivity index (χ4n) is 3.52. The normalized spacial score (nSPS) is 25.9. The van der Waals surface area contributed by atoms with Crippen molar-refractivity contribution in [3.8, 4) is 0 Å². The lowest BCUT2D eigenvalue weighted by Gasteiger charge is -2.29. The zero-order valence-electron chi connectivity index (χ0n) is 14.2. The van der Waals surface area contributed by atoms with Gasteiger partial charge in [0.2, 0.25) is 0 Å². The lowest BCUT2D eigenvalue weighted by molar-refractivity contribution is 0.239. The quantitative estimate of drug-likeness (QED) is 0.817. The van der Waals surface area contributed by atoms with Gasteiger partial charge >= 0.3 is 0 Å². The molecule has 0 amide bonds. The molecular formula is C19H32N2. The van der Waals surface area contributed by atoms with E-state index in [1.165, 1.54) is 31.6 Å². The van der Waals surface area contributed by atoms with Crippen LogP contribution in [-0.2, 0) is 0 Å². The molecule has 0 radical (unpaired) electrons. The minimum Gasteiger partial charge on any atom is -0.310 e. The van der Waals surface area contributed by atoms with Crippen molar-refractivity contribution in [3.63, 3.8) is 0 Å². The second-order valence-corrected chi connectivity index (χ2v) is 6.99. The predicted molar refractivity (Wildman–Crippen MR) is 91.4 cm³/mol. The molecule has 1 saturated heterocycles. The van der Waals surface area contributed by atoms with Gasteiger partial charge in [-0.2, -0.15) is 0 Å². The van der Waals surface area contributed by atoms with Gasteiger partial charge < -0.3 is 10.2 Å². The Morgan fingerprint density at radius 2 is 1.76 bits per heavy atom. The van der Waals surface area contributed by atoms with Crippen molar-refractivity contribution in [2.24, 2.45) is 17.8 Å². The van der Waals surface area contributed by atoms with Gasteiger partial charge in [0.15, 0.2) is 0 Å². The molecule has 1 aromatic rings. The summed E-state index contributed by atoms with van der Waals surface area (Å²) in [6.07, 6.45) is 1.19. The van der Waals surface area contributed by atoms with E-state index in [1.807, 2.05) is 0 Å². The van der Waals surface area contributed by atoms with Crippen LogP contribution in [-0.4, -0.2) is 31.1 Å². The van der Waals surface area contributed by atoms with E-state index in [2.05, 4.69) is 68.2 Å². The van der Waals surface area contributed by atoms with Crippen molar-refractivity contribution in [1.82, 2.24) is 10.2 Å². The standard InChI is InChI=1S/C19H32N2/c1-5-11-20-19(18-9-7-6-8-10-18)17(4)14-21-12-15(2)16(3)13-21/h6-10,15-17,19-20H,5,11-14H2,1-4H3. The molecule has 4 unspecified atom stereocenters. The van der Waals surface area contributed by atoms with Gasteiger partial charge in [0.05, 0.1) is 0 Å². The Hall–Kier alpha value is -0.860. The largest absolute Gasteiger partial charge is 0.310 e. The number of rotatable bonds is 7. The maximum absolute atomic E-state index is 3.76. The maximum Gasteiger partial charge on any atom is 0.0358 e. The fourth-order valence-corrected chi connectivity index (χ4v) is 3.52. The van der Waals surface area contributed by atoms with E-state index in [0.29, 0.717) is 12.0 Å². The third-order valence-corrected chi connectivity index (χ3v) is 4.95. The topological polar surface area (TPSA) is 15.3 Å². The molecule has 0 aliphatic carbocycles. The molecule has 118 valence electrons. The highest BCUT2D eigenvalue weighted by Gasteiger charge is 2.29. The number of hydrogen-bond donors (Lipinski definition) is 1. The summed E-state index contributed by atoms with van der Waals surface area (Å²) < 4.78 is 0. The molecule has 2 heteroatoms. The Balaban J connectivity index is 1.99. The van der Waals surface area contributed by atoms with Gasteiger partial charge in [0, 0.05) is 25.7 Å². The van der Waals surface area contributed by atoms with Crippen LogP contribution in [0.2, 0.25) is 0 Å². The third kappa shape index (κ3) is 4.55. The lowest BCUT2D eigenvalue weighted by Crippen LogP contribution is -2.35. The summed E-state index contributed by atoms with van der Waals surface area (Å²) in [4.78, 5) is 2.66. The van der Waals surface area contributed by atoms with Crippen LogP contribution in [0, 0.1) is 17.8 Å². The van der Waals surface area contributed by atoms with Gasteiger partial charge in [-0.05, 0) is 36.3 Å². The summed E-state index contributed by atoms with van der Waals surface area (Å²) in [5, 5.41) is 3.76. The molecule has 2 nitrogen and oxygen atoms in total. The summed E-state index contributed by atoms with van der Waals surface area (Å²) in [7, 11) is 0. The summed E-state index contributed by atoms with van der Waals surface area (Å²) in [6.45, 7) is 14.2. The minimum absolute atomic E-state index is 0.470. The highest BCUT2D eigenvalue weighted by Crippen LogP contribution is 2.27. The highest BCUT2D eigenvalue weighted by atomic mass is 15.2. The van der Waals surface area contributed by atoms with Gasteiger partial charge in [-0.3, -0.25) is 0 Å². The average molecular weight is 288 g/mol. The predicted octanol–water partition coefficient (Wildman–Crippen LogP) is 3.95. The van der Waals surface area contributed by atoms with E-state index in [4.69, 9.17) is 0 Å². The Morgan fingerprint density at radius 1 is 1.14 bits per heavy atom. The highest BCUT2D eigenvalue weighted by molar-refractivity contribution is 5.19. The number of nitrogens with one attached hydrogen (secondary N) is 1. The average Bonchev–Trinajstić information content (AvgIpc) is 2.78. The second-order valence-electron chi connectivity index (χ2n) is 6.99. The van der Waals surface area contributed by atoms with Crippen LogP contribution >= 0.6 is 0 Å². The third-order valence-electron chi connectivity index (χ3n) is 4.95. The molecule has 1 aromatic carbocycles. The second kappa shape index (κ2) is 7.95. The fraction of sp³-hybridized carbons (Fsp3) is 0.684. The zero-order chi connectivity index (χ0) is 15.2. The van der Waals surface area contributed by atoms with Crippen LogP contribution < -0.4 is 5.32 Å². The number of hydrogen-bond acceptors (Lipinski definition) is 2. The van der Waals surface area contributed by atoms with Gasteiger partial charge in [-0.25, -0.2) is 0 Å². The molecule has 1 aliphatic heterocycles. The molecule has 2 rings (SSSR count). The van der Waals surface area contributed by atoms with Crippen LogP contribution in [0.4, 0.5) is 0 Å². The van der Waals surface area contributed by atoms with Gasteiger partial charge in [0.25, 0.3) is 0 Å². The monoisotopic (exact) mass is 288 g/mol. The molecule has 0 spiro atoms. The first-order valence-corrected chi connectivity index (χ1v) is 8.62. The molecule has 21 heavy (non-hydrogen) atoms. The minimum atomic E-state index is 0.470. The Morgan fingerprint density at radius 3 is 2.33 bits per heavy atom. The summed E-state index contributed by atoms with van der Waals surface area (Å²) in [6, 6.07) is 11.4. The van der Waals surface area contributed by atoms with E-state index in [9.17, 15) is 0 Å². The Bertz CT molecular complexity index is 393. The molecule has 1 heterocycles. The van der Waals surface area contributed by atoms with Crippen molar-refractivity contribution in [2.45, 2.75) is 40.2 Å². The van der Waals surface area contributed by atoms with Crippen LogP contribution in [0.3, 0.4) is 0 Å². The lowest BCUT2D eigenvalue weighted by atomic mass is 9.94. The van der Waals surface area contributed by atoms with Crippen molar-refractivity contribution >= 4 is 0 Å². The van der Waals surface area contributed by atoms with E-state index >= 15 is 0 Å². The van der Waals surface area contributed by atoms with Gasteiger partial charge in [-0.1, -0.05) is 58.0 Å². The number of nitrogens with zero attached hydrogens (tertiary/aromatic N) is 1. The first kappa shape index (κ1) is 16.5. The van der Waals surface area contributed by atoms with Gasteiger partial charge in [0.1, 0.15) is 0 Å².